The zero-order valence-electron chi connectivity index (χ0n) is 16.1. The lowest BCUT2D eigenvalue weighted by atomic mass is 10.0. The first-order valence-electron chi connectivity index (χ1n) is 10.6. The second-order valence-electron chi connectivity index (χ2n) is 7.30. The molecule has 1 atom stereocenters. The Morgan fingerprint density at radius 1 is 0.667 bits per heavy atom. The third-order valence-corrected chi connectivity index (χ3v) is 5.35. The van der Waals surface area contributed by atoms with Crippen molar-refractivity contribution in [2.45, 2.75) is 128 Å². The van der Waals surface area contributed by atoms with Crippen LogP contribution in [0.2, 0.25) is 0 Å². The van der Waals surface area contributed by atoms with Crippen LogP contribution in [0.3, 0.4) is 0 Å². The summed E-state index contributed by atoms with van der Waals surface area (Å²) in [4.78, 5) is 10.6. The summed E-state index contributed by atoms with van der Waals surface area (Å²) in [6.45, 7) is 2.28. The number of rotatable bonds is 19. The van der Waals surface area contributed by atoms with E-state index in [4.69, 9.17) is 5.11 Å². The second kappa shape index (κ2) is 19.1. The molecule has 3 heteroatoms. The van der Waals surface area contributed by atoms with Crippen LogP contribution in [0.4, 0.5) is 0 Å². The van der Waals surface area contributed by atoms with E-state index in [0.29, 0.717) is 6.42 Å². The quantitative estimate of drug-likeness (QED) is 0.186. The Kier molecular flexibility index (Phi) is 19.0. The van der Waals surface area contributed by atoms with E-state index in [-0.39, 0.29) is 0 Å². The average molecular weight is 359 g/mol. The molecule has 0 aliphatic carbocycles. The molecule has 0 fully saturated rings. The number of unbranched alkanes of at least 4 members (excludes halogenated alkanes) is 16. The zero-order chi connectivity index (χ0) is 17.9. The minimum absolute atomic E-state index is 0.471. The lowest BCUT2D eigenvalue weighted by molar-refractivity contribution is -0.136. The van der Waals surface area contributed by atoms with Crippen molar-refractivity contribution < 1.29 is 9.90 Å². The van der Waals surface area contributed by atoms with Crippen LogP contribution in [0.15, 0.2) is 0 Å². The predicted octanol–water partition coefficient (Wildman–Crippen LogP) is 7.41. The Labute approximate surface area is 156 Å². The second-order valence-corrected chi connectivity index (χ2v) is 7.92. The highest BCUT2D eigenvalue weighted by atomic mass is 32.1. The molecule has 0 aromatic carbocycles. The summed E-state index contributed by atoms with van der Waals surface area (Å²) in [5.74, 6) is -0.783. The molecule has 0 aliphatic heterocycles. The van der Waals surface area contributed by atoms with Gasteiger partial charge in [0.1, 0.15) is 0 Å². The Hall–Kier alpha value is -0.180. The molecule has 24 heavy (non-hydrogen) atoms. The first kappa shape index (κ1) is 23.8. The summed E-state index contributed by atoms with van der Waals surface area (Å²) in [7, 11) is 0. The highest BCUT2D eigenvalue weighted by Gasteiger charge is 2.10. The maximum atomic E-state index is 10.6. The van der Waals surface area contributed by atoms with E-state index in [1.807, 2.05) is 0 Å². The Bertz CT molecular complexity index is 269. The van der Waals surface area contributed by atoms with E-state index >= 15 is 0 Å². The topological polar surface area (TPSA) is 37.3 Å². The largest absolute Gasteiger partial charge is 0.480 e. The molecular formula is C21H42O2S. The summed E-state index contributed by atoms with van der Waals surface area (Å²) in [5.41, 5.74) is 0. The maximum Gasteiger partial charge on any atom is 0.316 e. The minimum atomic E-state index is -0.783. The lowest BCUT2D eigenvalue weighted by Crippen LogP contribution is -2.12. The van der Waals surface area contributed by atoms with E-state index in [1.54, 1.807) is 0 Å². The number of carbonyl (C=O) groups is 1. The number of hydrogen-bond donors (Lipinski definition) is 2. The van der Waals surface area contributed by atoms with E-state index in [1.165, 1.54) is 96.3 Å². The molecule has 0 aromatic heterocycles. The van der Waals surface area contributed by atoms with Gasteiger partial charge in [-0.05, 0) is 6.42 Å². The van der Waals surface area contributed by atoms with Gasteiger partial charge in [0.2, 0.25) is 0 Å². The molecule has 0 saturated heterocycles. The van der Waals surface area contributed by atoms with E-state index in [9.17, 15) is 4.79 Å². The summed E-state index contributed by atoms with van der Waals surface area (Å²) in [5, 5.41) is 8.27. The molecule has 0 saturated carbocycles. The smallest absolute Gasteiger partial charge is 0.316 e. The standard InChI is InChI=1S/C21H42O2S/c1-2-3-4-5-6-7-8-9-10-11-12-13-14-15-16-17-18-19-20(24)21(22)23/h20,24H,2-19H2,1H3,(H,22,23). The van der Waals surface area contributed by atoms with Crippen molar-refractivity contribution in [1.82, 2.24) is 0 Å². The first-order chi connectivity index (χ1) is 11.7. The van der Waals surface area contributed by atoms with Crippen molar-refractivity contribution >= 4 is 18.6 Å². The van der Waals surface area contributed by atoms with Crippen LogP contribution in [0, 0.1) is 0 Å². The molecule has 0 rings (SSSR count). The zero-order valence-corrected chi connectivity index (χ0v) is 17.0. The number of hydrogen-bond acceptors (Lipinski definition) is 2. The van der Waals surface area contributed by atoms with Gasteiger partial charge in [0.25, 0.3) is 0 Å². The number of aliphatic carboxylic acids is 1. The Morgan fingerprint density at radius 3 is 1.25 bits per heavy atom. The van der Waals surface area contributed by atoms with Gasteiger partial charge in [-0.3, -0.25) is 4.79 Å². The van der Waals surface area contributed by atoms with Gasteiger partial charge < -0.3 is 5.11 Å². The molecule has 0 heterocycles. The summed E-state index contributed by atoms with van der Waals surface area (Å²) in [6, 6.07) is 0. The molecular weight excluding hydrogens is 316 g/mol. The van der Waals surface area contributed by atoms with Crippen LogP contribution in [-0.2, 0) is 4.79 Å². The van der Waals surface area contributed by atoms with Crippen LogP contribution in [0.25, 0.3) is 0 Å². The van der Waals surface area contributed by atoms with Crippen LogP contribution in [0.1, 0.15) is 122 Å². The van der Waals surface area contributed by atoms with Crippen LogP contribution >= 0.6 is 12.6 Å². The minimum Gasteiger partial charge on any atom is -0.480 e. The number of carboxylic acid groups (broad SMARTS) is 1. The van der Waals surface area contributed by atoms with Gasteiger partial charge in [-0.2, -0.15) is 12.6 Å². The fraction of sp³-hybridized carbons (Fsp3) is 0.952. The van der Waals surface area contributed by atoms with Gasteiger partial charge in [0, 0.05) is 0 Å². The fourth-order valence-corrected chi connectivity index (χ4v) is 3.37. The van der Waals surface area contributed by atoms with Gasteiger partial charge in [0.15, 0.2) is 0 Å². The van der Waals surface area contributed by atoms with Gasteiger partial charge in [0.05, 0.1) is 5.25 Å². The van der Waals surface area contributed by atoms with Gasteiger partial charge in [-0.1, -0.05) is 116 Å². The molecule has 0 spiro atoms. The lowest BCUT2D eigenvalue weighted by Gasteiger charge is -2.05. The average Bonchev–Trinajstić information content (AvgIpc) is 2.57. The van der Waals surface area contributed by atoms with Crippen molar-refractivity contribution in [3.63, 3.8) is 0 Å². The summed E-state index contributed by atoms with van der Waals surface area (Å²) >= 11 is 4.06. The summed E-state index contributed by atoms with van der Waals surface area (Å²) < 4.78 is 0. The van der Waals surface area contributed by atoms with Crippen LogP contribution < -0.4 is 0 Å². The Balaban J connectivity index is 3.04. The van der Waals surface area contributed by atoms with Gasteiger partial charge >= 0.3 is 5.97 Å². The van der Waals surface area contributed by atoms with Crippen molar-refractivity contribution in [2.75, 3.05) is 0 Å². The third kappa shape index (κ3) is 18.2. The maximum absolute atomic E-state index is 10.6. The fourth-order valence-electron chi connectivity index (χ4n) is 3.19. The van der Waals surface area contributed by atoms with Crippen LogP contribution in [0.5, 0.6) is 0 Å². The van der Waals surface area contributed by atoms with Gasteiger partial charge in [-0.15, -0.1) is 0 Å². The highest BCUT2D eigenvalue weighted by molar-refractivity contribution is 7.81. The normalized spacial score (nSPS) is 12.4. The molecule has 0 bridgehead atoms. The summed E-state index contributed by atoms with van der Waals surface area (Å²) in [6.07, 6.45) is 23.8. The van der Waals surface area contributed by atoms with Crippen molar-refractivity contribution in [1.29, 1.82) is 0 Å². The molecule has 1 unspecified atom stereocenters. The first-order valence-corrected chi connectivity index (χ1v) is 11.1. The van der Waals surface area contributed by atoms with Crippen molar-refractivity contribution in [3.8, 4) is 0 Å². The molecule has 0 aromatic rings. The predicted molar refractivity (Wildman–Crippen MR) is 109 cm³/mol. The van der Waals surface area contributed by atoms with E-state index < -0.39 is 11.2 Å². The van der Waals surface area contributed by atoms with E-state index in [0.717, 1.165) is 12.8 Å². The highest BCUT2D eigenvalue weighted by Crippen LogP contribution is 2.15. The van der Waals surface area contributed by atoms with Gasteiger partial charge in [-0.25, -0.2) is 0 Å². The third-order valence-electron chi connectivity index (χ3n) is 4.87. The van der Waals surface area contributed by atoms with Crippen LogP contribution in [-0.4, -0.2) is 16.3 Å². The molecule has 0 aliphatic rings. The Morgan fingerprint density at radius 2 is 0.958 bits per heavy atom. The monoisotopic (exact) mass is 358 g/mol. The van der Waals surface area contributed by atoms with Crippen molar-refractivity contribution in [2.24, 2.45) is 0 Å². The van der Waals surface area contributed by atoms with E-state index in [2.05, 4.69) is 19.6 Å². The molecule has 1 N–H and O–H groups in total. The number of carboxylic acids is 1. The number of thiol groups is 1. The molecule has 2 nitrogen and oxygen atoms in total. The molecule has 144 valence electrons. The SMILES string of the molecule is CCCCCCCCCCCCCCCCCCCC(S)C(=O)O. The molecule has 0 amide bonds. The van der Waals surface area contributed by atoms with Crippen molar-refractivity contribution in [3.05, 3.63) is 0 Å². The molecule has 0 radical (unpaired) electrons.